The SMILES string of the molecule is Cc1ncccc1OC1CCC(NC(=O)c2ccc(CO)cc2)CC1. The molecule has 1 amide bonds. The first-order valence-electron chi connectivity index (χ1n) is 8.74. The number of benzene rings is 1. The molecule has 1 aliphatic rings. The molecule has 0 bridgehead atoms. The van der Waals surface area contributed by atoms with E-state index in [2.05, 4.69) is 10.3 Å². The molecule has 0 saturated heterocycles. The van der Waals surface area contributed by atoms with Crippen LogP contribution in [-0.4, -0.2) is 28.1 Å². The second kappa shape index (κ2) is 8.12. The first-order chi connectivity index (χ1) is 12.2. The van der Waals surface area contributed by atoms with E-state index in [1.165, 1.54) is 0 Å². The van der Waals surface area contributed by atoms with E-state index < -0.39 is 0 Å². The van der Waals surface area contributed by atoms with E-state index in [4.69, 9.17) is 9.84 Å². The van der Waals surface area contributed by atoms with Crippen molar-refractivity contribution in [1.82, 2.24) is 10.3 Å². The van der Waals surface area contributed by atoms with Crippen LogP contribution in [0.4, 0.5) is 0 Å². The lowest BCUT2D eigenvalue weighted by molar-refractivity contribution is 0.0893. The molecule has 2 aromatic rings. The Morgan fingerprint density at radius 1 is 1.20 bits per heavy atom. The van der Waals surface area contributed by atoms with Gasteiger partial charge in [-0.1, -0.05) is 12.1 Å². The van der Waals surface area contributed by atoms with E-state index in [0.29, 0.717) is 5.56 Å². The summed E-state index contributed by atoms with van der Waals surface area (Å²) < 4.78 is 6.05. The molecule has 1 heterocycles. The van der Waals surface area contributed by atoms with E-state index >= 15 is 0 Å². The molecule has 25 heavy (non-hydrogen) atoms. The Morgan fingerprint density at radius 2 is 1.92 bits per heavy atom. The van der Waals surface area contributed by atoms with Crippen molar-refractivity contribution < 1.29 is 14.6 Å². The summed E-state index contributed by atoms with van der Waals surface area (Å²) in [5, 5.41) is 12.2. The summed E-state index contributed by atoms with van der Waals surface area (Å²) in [4.78, 5) is 16.6. The molecular weight excluding hydrogens is 316 g/mol. The summed E-state index contributed by atoms with van der Waals surface area (Å²) in [6.45, 7) is 1.94. The summed E-state index contributed by atoms with van der Waals surface area (Å²) in [5.74, 6) is 0.788. The maximum atomic E-state index is 12.3. The maximum Gasteiger partial charge on any atom is 0.251 e. The highest BCUT2D eigenvalue weighted by molar-refractivity contribution is 5.94. The number of aliphatic hydroxyl groups is 1. The molecule has 1 saturated carbocycles. The maximum absolute atomic E-state index is 12.3. The zero-order valence-corrected chi connectivity index (χ0v) is 14.4. The lowest BCUT2D eigenvalue weighted by atomic mass is 9.92. The predicted octanol–water partition coefficient (Wildman–Crippen LogP) is 3.00. The highest BCUT2D eigenvalue weighted by atomic mass is 16.5. The Morgan fingerprint density at radius 3 is 2.56 bits per heavy atom. The van der Waals surface area contributed by atoms with Crippen LogP contribution in [0, 0.1) is 6.92 Å². The minimum absolute atomic E-state index is 0.0116. The number of ether oxygens (including phenoxy) is 1. The molecule has 0 aliphatic heterocycles. The molecule has 5 heteroatoms. The smallest absolute Gasteiger partial charge is 0.251 e. The van der Waals surface area contributed by atoms with Crippen molar-refractivity contribution in [2.45, 2.75) is 51.4 Å². The number of aryl methyl sites for hydroxylation is 1. The number of aliphatic hydroxyl groups excluding tert-OH is 1. The normalized spacial score (nSPS) is 20.1. The molecule has 0 unspecified atom stereocenters. The third-order valence-corrected chi connectivity index (χ3v) is 4.66. The molecule has 132 valence electrons. The van der Waals surface area contributed by atoms with Crippen LogP contribution >= 0.6 is 0 Å². The number of carbonyl (C=O) groups excluding carboxylic acids is 1. The summed E-state index contributed by atoms with van der Waals surface area (Å²) >= 11 is 0. The van der Waals surface area contributed by atoms with E-state index in [1.807, 2.05) is 19.1 Å². The minimum Gasteiger partial charge on any atom is -0.489 e. The average molecular weight is 340 g/mol. The second-order valence-electron chi connectivity index (χ2n) is 6.51. The minimum atomic E-state index is -0.0584. The van der Waals surface area contributed by atoms with Gasteiger partial charge in [0.1, 0.15) is 5.75 Å². The lowest BCUT2D eigenvalue weighted by Gasteiger charge is -2.29. The van der Waals surface area contributed by atoms with Crippen molar-refractivity contribution >= 4 is 5.91 Å². The summed E-state index contributed by atoms with van der Waals surface area (Å²) in [5.41, 5.74) is 2.34. The molecule has 5 nitrogen and oxygen atoms in total. The average Bonchev–Trinajstić information content (AvgIpc) is 2.65. The van der Waals surface area contributed by atoms with Gasteiger partial charge in [0.15, 0.2) is 0 Å². The van der Waals surface area contributed by atoms with Crippen LogP contribution < -0.4 is 10.1 Å². The summed E-state index contributed by atoms with van der Waals surface area (Å²) in [6, 6.07) is 11.1. The van der Waals surface area contributed by atoms with Gasteiger partial charge in [-0.15, -0.1) is 0 Å². The van der Waals surface area contributed by atoms with Gasteiger partial charge in [0.25, 0.3) is 5.91 Å². The van der Waals surface area contributed by atoms with E-state index in [-0.39, 0.29) is 24.7 Å². The number of nitrogens with zero attached hydrogens (tertiary/aromatic N) is 1. The predicted molar refractivity (Wildman–Crippen MR) is 95.5 cm³/mol. The lowest BCUT2D eigenvalue weighted by Crippen LogP contribution is -2.39. The van der Waals surface area contributed by atoms with Gasteiger partial charge in [0.2, 0.25) is 0 Å². The molecule has 3 rings (SSSR count). The van der Waals surface area contributed by atoms with E-state index in [0.717, 1.165) is 42.7 Å². The molecule has 1 aromatic heterocycles. The van der Waals surface area contributed by atoms with E-state index in [1.54, 1.807) is 30.5 Å². The van der Waals surface area contributed by atoms with Gasteiger partial charge in [-0.3, -0.25) is 9.78 Å². The van der Waals surface area contributed by atoms with Gasteiger partial charge in [-0.25, -0.2) is 0 Å². The Labute approximate surface area is 148 Å². The number of hydrogen-bond acceptors (Lipinski definition) is 4. The van der Waals surface area contributed by atoms with Gasteiger partial charge < -0.3 is 15.2 Å². The van der Waals surface area contributed by atoms with Gasteiger partial charge in [-0.2, -0.15) is 0 Å². The van der Waals surface area contributed by atoms with Crippen molar-refractivity contribution in [2.24, 2.45) is 0 Å². The van der Waals surface area contributed by atoms with Crippen LogP contribution in [0.5, 0.6) is 5.75 Å². The number of rotatable bonds is 5. The number of pyridine rings is 1. The Bertz CT molecular complexity index is 707. The molecule has 2 N–H and O–H groups in total. The molecule has 1 fully saturated rings. The summed E-state index contributed by atoms with van der Waals surface area (Å²) in [6.07, 6.45) is 5.60. The van der Waals surface area contributed by atoms with Gasteiger partial charge in [0.05, 0.1) is 18.4 Å². The van der Waals surface area contributed by atoms with Crippen LogP contribution in [0.1, 0.15) is 47.3 Å². The second-order valence-corrected chi connectivity index (χ2v) is 6.51. The van der Waals surface area contributed by atoms with Crippen LogP contribution in [0.3, 0.4) is 0 Å². The van der Waals surface area contributed by atoms with Gasteiger partial charge >= 0.3 is 0 Å². The molecule has 0 radical (unpaired) electrons. The zero-order chi connectivity index (χ0) is 17.6. The monoisotopic (exact) mass is 340 g/mol. The van der Waals surface area contributed by atoms with E-state index in [9.17, 15) is 4.79 Å². The van der Waals surface area contributed by atoms with Crippen LogP contribution in [-0.2, 0) is 6.61 Å². The van der Waals surface area contributed by atoms with Gasteiger partial charge in [-0.05, 0) is 62.4 Å². The topological polar surface area (TPSA) is 71.5 Å². The van der Waals surface area contributed by atoms with Crippen molar-refractivity contribution in [2.75, 3.05) is 0 Å². The fraction of sp³-hybridized carbons (Fsp3) is 0.400. The highest BCUT2D eigenvalue weighted by Crippen LogP contribution is 2.25. The standard InChI is InChI=1S/C20H24N2O3/c1-14-19(3-2-12-21-14)25-18-10-8-17(9-11-18)22-20(24)16-6-4-15(13-23)5-7-16/h2-7,12,17-18,23H,8-11,13H2,1H3,(H,22,24). The first-order valence-corrected chi connectivity index (χ1v) is 8.74. The first kappa shape index (κ1) is 17.4. The fourth-order valence-electron chi connectivity index (χ4n) is 3.13. The number of aromatic nitrogens is 1. The Balaban J connectivity index is 1.48. The largest absolute Gasteiger partial charge is 0.489 e. The fourth-order valence-corrected chi connectivity index (χ4v) is 3.13. The van der Waals surface area contributed by atoms with Crippen molar-refractivity contribution in [3.63, 3.8) is 0 Å². The van der Waals surface area contributed by atoms with Gasteiger partial charge in [0, 0.05) is 17.8 Å². The number of carbonyl (C=O) groups is 1. The molecule has 0 spiro atoms. The third kappa shape index (κ3) is 4.57. The molecule has 1 aliphatic carbocycles. The quantitative estimate of drug-likeness (QED) is 0.878. The molecular formula is C20H24N2O3. The number of hydrogen-bond donors (Lipinski definition) is 2. The molecule has 1 aromatic carbocycles. The molecule has 0 atom stereocenters. The third-order valence-electron chi connectivity index (χ3n) is 4.66. The number of amides is 1. The Kier molecular flexibility index (Phi) is 5.66. The van der Waals surface area contributed by atoms with Crippen LogP contribution in [0.15, 0.2) is 42.6 Å². The number of nitrogens with one attached hydrogen (secondary N) is 1. The van der Waals surface area contributed by atoms with Crippen molar-refractivity contribution in [1.29, 1.82) is 0 Å². The van der Waals surface area contributed by atoms with Crippen LogP contribution in [0.2, 0.25) is 0 Å². The van der Waals surface area contributed by atoms with Crippen LogP contribution in [0.25, 0.3) is 0 Å². The zero-order valence-electron chi connectivity index (χ0n) is 14.4. The van der Waals surface area contributed by atoms with Crippen molar-refractivity contribution in [3.8, 4) is 5.75 Å². The Hall–Kier alpha value is -2.40. The highest BCUT2D eigenvalue weighted by Gasteiger charge is 2.24. The van der Waals surface area contributed by atoms with Crippen molar-refractivity contribution in [3.05, 3.63) is 59.4 Å². The summed E-state index contributed by atoms with van der Waals surface area (Å²) in [7, 11) is 0.